The third-order valence-electron chi connectivity index (χ3n) is 4.75. The van der Waals surface area contributed by atoms with E-state index < -0.39 is 34.0 Å². The lowest BCUT2D eigenvalue weighted by atomic mass is 10.1. The monoisotopic (exact) mass is 433 g/mol. The molecule has 1 aliphatic heterocycles. The van der Waals surface area contributed by atoms with Crippen LogP contribution in [0.3, 0.4) is 0 Å². The zero-order valence-corrected chi connectivity index (χ0v) is 17.1. The Morgan fingerprint density at radius 1 is 1.31 bits per heavy atom. The van der Waals surface area contributed by atoms with E-state index in [0.29, 0.717) is 37.3 Å². The van der Waals surface area contributed by atoms with Gasteiger partial charge in [0.15, 0.2) is 5.69 Å². The molecule has 1 unspecified atom stereocenters. The Hall–Kier alpha value is -2.21. The summed E-state index contributed by atoms with van der Waals surface area (Å²) in [6.45, 7) is 6.04. The van der Waals surface area contributed by atoms with Crippen LogP contribution in [0, 0.1) is 13.8 Å². The number of piperidine rings is 1. The lowest BCUT2D eigenvalue weighted by Crippen LogP contribution is -2.44. The SMILES string of the molecule is CCn1nc(C)c(S(=O)(=O)N2CCCC(Oc3nccc(C(F)(F)F)n3)C2)c1C. The first-order chi connectivity index (χ1) is 13.5. The van der Waals surface area contributed by atoms with E-state index in [4.69, 9.17) is 4.74 Å². The van der Waals surface area contributed by atoms with Gasteiger partial charge in [0.25, 0.3) is 0 Å². The fraction of sp³-hybridized carbons (Fsp3) is 0.588. The molecule has 1 fully saturated rings. The van der Waals surface area contributed by atoms with Gasteiger partial charge in [0.05, 0.1) is 17.9 Å². The van der Waals surface area contributed by atoms with Crippen molar-refractivity contribution in [1.82, 2.24) is 24.1 Å². The van der Waals surface area contributed by atoms with Crippen molar-refractivity contribution < 1.29 is 26.3 Å². The van der Waals surface area contributed by atoms with Gasteiger partial charge in [-0.05, 0) is 39.7 Å². The summed E-state index contributed by atoms with van der Waals surface area (Å²) in [5.41, 5.74) is -0.149. The van der Waals surface area contributed by atoms with Gasteiger partial charge in [-0.1, -0.05) is 0 Å². The van der Waals surface area contributed by atoms with Crippen LogP contribution >= 0.6 is 0 Å². The second-order valence-corrected chi connectivity index (χ2v) is 8.66. The van der Waals surface area contributed by atoms with Gasteiger partial charge in [-0.15, -0.1) is 0 Å². The number of alkyl halides is 3. The average molecular weight is 433 g/mol. The minimum atomic E-state index is -4.61. The first kappa shape index (κ1) is 21.5. The Morgan fingerprint density at radius 2 is 2.03 bits per heavy atom. The third-order valence-corrected chi connectivity index (χ3v) is 6.87. The molecule has 2 aromatic heterocycles. The number of aromatic nitrogens is 4. The van der Waals surface area contributed by atoms with Crippen LogP contribution < -0.4 is 4.74 Å². The Balaban J connectivity index is 1.80. The zero-order chi connectivity index (χ0) is 21.4. The first-order valence-corrected chi connectivity index (χ1v) is 10.6. The summed E-state index contributed by atoms with van der Waals surface area (Å²) in [4.78, 5) is 7.27. The Kier molecular flexibility index (Phi) is 5.86. The summed E-state index contributed by atoms with van der Waals surface area (Å²) in [6.07, 6.45) is -3.31. The highest BCUT2D eigenvalue weighted by Gasteiger charge is 2.36. The fourth-order valence-electron chi connectivity index (χ4n) is 3.41. The average Bonchev–Trinajstić information content (AvgIpc) is 2.95. The van der Waals surface area contributed by atoms with Gasteiger partial charge in [-0.3, -0.25) is 4.68 Å². The molecule has 0 saturated carbocycles. The molecule has 0 aliphatic carbocycles. The topological polar surface area (TPSA) is 90.2 Å². The van der Waals surface area contributed by atoms with Gasteiger partial charge >= 0.3 is 12.2 Å². The summed E-state index contributed by atoms with van der Waals surface area (Å²) in [5.74, 6) is 0. The van der Waals surface area contributed by atoms with Crippen molar-refractivity contribution in [2.24, 2.45) is 0 Å². The maximum atomic E-state index is 13.2. The normalized spacial score (nSPS) is 18.8. The summed E-state index contributed by atoms with van der Waals surface area (Å²) in [7, 11) is -3.82. The van der Waals surface area contributed by atoms with E-state index in [9.17, 15) is 21.6 Å². The standard InChI is InChI=1S/C17H22F3N5O3S/c1-4-25-12(3)15(11(2)23-25)29(26,27)24-9-5-6-13(10-24)28-16-21-8-7-14(22-16)17(18,19)20/h7-8,13H,4-6,9-10H2,1-3H3. The molecule has 1 atom stereocenters. The number of rotatable bonds is 5. The molecule has 1 saturated heterocycles. The van der Waals surface area contributed by atoms with Crippen LogP contribution in [-0.2, 0) is 22.7 Å². The van der Waals surface area contributed by atoms with Crippen molar-refractivity contribution >= 4 is 10.0 Å². The van der Waals surface area contributed by atoms with Crippen molar-refractivity contribution in [2.75, 3.05) is 13.1 Å². The van der Waals surface area contributed by atoms with Crippen LogP contribution in [0.15, 0.2) is 17.2 Å². The van der Waals surface area contributed by atoms with E-state index in [2.05, 4.69) is 15.1 Å². The lowest BCUT2D eigenvalue weighted by Gasteiger charge is -2.31. The van der Waals surface area contributed by atoms with Crippen molar-refractivity contribution in [3.8, 4) is 6.01 Å². The second-order valence-electron chi connectivity index (χ2n) is 6.78. The molecule has 3 rings (SSSR count). The number of nitrogens with zero attached hydrogens (tertiary/aromatic N) is 5. The molecule has 29 heavy (non-hydrogen) atoms. The molecular weight excluding hydrogens is 411 g/mol. The molecule has 8 nitrogen and oxygen atoms in total. The third kappa shape index (κ3) is 4.37. The van der Waals surface area contributed by atoms with Crippen LogP contribution in [0.1, 0.15) is 36.8 Å². The van der Waals surface area contributed by atoms with Crippen LogP contribution in [0.5, 0.6) is 6.01 Å². The first-order valence-electron chi connectivity index (χ1n) is 9.15. The lowest BCUT2D eigenvalue weighted by molar-refractivity contribution is -0.141. The van der Waals surface area contributed by atoms with E-state index in [1.165, 1.54) is 4.31 Å². The number of halogens is 3. The molecule has 0 spiro atoms. The van der Waals surface area contributed by atoms with Gasteiger partial charge in [0.1, 0.15) is 11.0 Å². The Labute approximate surface area is 166 Å². The zero-order valence-electron chi connectivity index (χ0n) is 16.3. The van der Waals surface area contributed by atoms with E-state index in [1.54, 1.807) is 18.5 Å². The van der Waals surface area contributed by atoms with Gasteiger partial charge < -0.3 is 4.74 Å². The highest BCUT2D eigenvalue weighted by Crippen LogP contribution is 2.29. The summed E-state index contributed by atoms with van der Waals surface area (Å²) in [5, 5.41) is 4.26. The molecule has 12 heteroatoms. The smallest absolute Gasteiger partial charge is 0.433 e. The largest absolute Gasteiger partial charge is 0.459 e. The second kappa shape index (κ2) is 7.90. The van der Waals surface area contributed by atoms with Crippen molar-refractivity contribution in [3.63, 3.8) is 0 Å². The van der Waals surface area contributed by atoms with E-state index in [0.717, 1.165) is 12.3 Å². The summed E-state index contributed by atoms with van der Waals surface area (Å²) in [6, 6.07) is 0.330. The molecule has 160 valence electrons. The van der Waals surface area contributed by atoms with E-state index in [-0.39, 0.29) is 11.4 Å². The molecule has 0 bridgehead atoms. The van der Waals surface area contributed by atoms with E-state index >= 15 is 0 Å². The fourth-order valence-corrected chi connectivity index (χ4v) is 5.30. The van der Waals surface area contributed by atoms with Crippen molar-refractivity contribution in [2.45, 2.75) is 57.3 Å². The minimum Gasteiger partial charge on any atom is -0.459 e. The molecule has 0 aromatic carbocycles. The van der Waals surface area contributed by atoms with Crippen molar-refractivity contribution in [1.29, 1.82) is 0 Å². The predicted molar refractivity (Wildman–Crippen MR) is 96.8 cm³/mol. The van der Waals surface area contributed by atoms with Crippen molar-refractivity contribution in [3.05, 3.63) is 29.3 Å². The van der Waals surface area contributed by atoms with Gasteiger partial charge in [0.2, 0.25) is 10.0 Å². The minimum absolute atomic E-state index is 0.00186. The maximum Gasteiger partial charge on any atom is 0.433 e. The summed E-state index contributed by atoms with van der Waals surface area (Å²) >= 11 is 0. The number of hydrogen-bond acceptors (Lipinski definition) is 6. The summed E-state index contributed by atoms with van der Waals surface area (Å²) < 4.78 is 73.2. The molecule has 0 radical (unpaired) electrons. The number of ether oxygens (including phenoxy) is 1. The molecule has 0 amide bonds. The van der Waals surface area contributed by atoms with Gasteiger partial charge in [-0.2, -0.15) is 27.6 Å². The van der Waals surface area contributed by atoms with Crippen LogP contribution in [0.25, 0.3) is 0 Å². The number of sulfonamides is 1. The number of hydrogen-bond donors (Lipinski definition) is 0. The Morgan fingerprint density at radius 3 is 2.66 bits per heavy atom. The number of aryl methyl sites for hydroxylation is 2. The van der Waals surface area contributed by atoms with Gasteiger partial charge in [-0.25, -0.2) is 13.4 Å². The molecular formula is C17H22F3N5O3S. The Bertz CT molecular complexity index is 991. The molecule has 2 aromatic rings. The van der Waals surface area contributed by atoms with E-state index in [1.807, 2.05) is 6.92 Å². The van der Waals surface area contributed by atoms with Crippen LogP contribution in [0.4, 0.5) is 13.2 Å². The molecule has 0 N–H and O–H groups in total. The van der Waals surface area contributed by atoms with Gasteiger partial charge in [0, 0.05) is 19.3 Å². The molecule has 3 heterocycles. The predicted octanol–water partition coefficient (Wildman–Crippen LogP) is 2.56. The van der Waals surface area contributed by atoms with Crippen LogP contribution in [-0.4, -0.2) is 51.7 Å². The van der Waals surface area contributed by atoms with Crippen LogP contribution in [0.2, 0.25) is 0 Å². The highest BCUT2D eigenvalue weighted by atomic mass is 32.2. The quantitative estimate of drug-likeness (QED) is 0.720. The highest BCUT2D eigenvalue weighted by molar-refractivity contribution is 7.89. The maximum absolute atomic E-state index is 13.2. The molecule has 1 aliphatic rings.